The zero-order valence-electron chi connectivity index (χ0n) is 15.5. The summed E-state index contributed by atoms with van der Waals surface area (Å²) in [6, 6.07) is 11.6. The van der Waals surface area contributed by atoms with E-state index in [9.17, 15) is 19.7 Å². The van der Waals surface area contributed by atoms with Crippen molar-refractivity contribution >= 4 is 23.6 Å². The number of hydrogen-bond donors (Lipinski definition) is 0. The fraction of sp³-hybridized carbons (Fsp3) is 0.300. The molecule has 1 fully saturated rings. The molecule has 0 unspecified atom stereocenters. The van der Waals surface area contributed by atoms with Gasteiger partial charge in [0.25, 0.3) is 11.6 Å². The van der Waals surface area contributed by atoms with Gasteiger partial charge in [-0.05, 0) is 24.3 Å². The molecule has 29 heavy (non-hydrogen) atoms. The van der Waals surface area contributed by atoms with Crippen molar-refractivity contribution in [1.29, 1.82) is 0 Å². The van der Waals surface area contributed by atoms with E-state index in [1.807, 2.05) is 17.0 Å². The lowest BCUT2D eigenvalue weighted by atomic mass is 10.1. The summed E-state index contributed by atoms with van der Waals surface area (Å²) in [5.41, 5.74) is 0.581. The van der Waals surface area contributed by atoms with Crippen LogP contribution in [0.2, 0.25) is 0 Å². The number of piperazine rings is 1. The highest BCUT2D eigenvalue weighted by molar-refractivity contribution is 5.83. The van der Waals surface area contributed by atoms with Gasteiger partial charge in [-0.15, -0.1) is 0 Å². The number of benzene rings is 2. The number of nitro groups is 1. The highest BCUT2D eigenvalue weighted by Gasteiger charge is 2.33. The fourth-order valence-corrected chi connectivity index (χ4v) is 3.54. The summed E-state index contributed by atoms with van der Waals surface area (Å²) in [5, 5.41) is 11.4. The molecule has 2 aromatic rings. The summed E-state index contributed by atoms with van der Waals surface area (Å²) < 4.78 is 11.4. The first kappa shape index (κ1) is 18.7. The number of amides is 1. The highest BCUT2D eigenvalue weighted by atomic mass is 16.6. The van der Waals surface area contributed by atoms with Gasteiger partial charge in [0.1, 0.15) is 18.6 Å². The van der Waals surface area contributed by atoms with Gasteiger partial charge in [0, 0.05) is 37.8 Å². The predicted octanol–water partition coefficient (Wildman–Crippen LogP) is 1.90. The first-order chi connectivity index (χ1) is 14.1. The zero-order chi connectivity index (χ0) is 20.4. The molecule has 150 valence electrons. The maximum Gasteiger partial charge on any atom is 0.293 e. The molecule has 0 aromatic heterocycles. The Labute approximate surface area is 166 Å². The molecule has 2 aliphatic heterocycles. The van der Waals surface area contributed by atoms with Gasteiger partial charge >= 0.3 is 0 Å². The number of nitrogens with zero attached hydrogens (tertiary/aromatic N) is 3. The van der Waals surface area contributed by atoms with Crippen LogP contribution in [0.25, 0.3) is 0 Å². The number of anilines is 1. The molecule has 0 spiro atoms. The molecule has 4 rings (SSSR count). The summed E-state index contributed by atoms with van der Waals surface area (Å²) in [4.78, 5) is 38.2. The Kier molecular flexibility index (Phi) is 5.03. The minimum atomic E-state index is -0.710. The van der Waals surface area contributed by atoms with Crippen molar-refractivity contribution < 1.29 is 24.0 Å². The molecule has 9 nitrogen and oxygen atoms in total. The van der Waals surface area contributed by atoms with Crippen LogP contribution < -0.4 is 14.4 Å². The van der Waals surface area contributed by atoms with Crippen LogP contribution in [0.15, 0.2) is 42.5 Å². The van der Waals surface area contributed by atoms with Crippen LogP contribution in [0.1, 0.15) is 10.4 Å². The summed E-state index contributed by atoms with van der Waals surface area (Å²) in [5.74, 6) is 0.999. The number of carbonyl (C=O) groups is 2. The maximum atomic E-state index is 12.8. The van der Waals surface area contributed by atoms with Crippen molar-refractivity contribution in [1.82, 2.24) is 4.90 Å². The third kappa shape index (κ3) is 3.71. The van der Waals surface area contributed by atoms with E-state index in [0.29, 0.717) is 49.7 Å². The van der Waals surface area contributed by atoms with E-state index in [1.54, 1.807) is 29.2 Å². The largest absolute Gasteiger partial charge is 0.485 e. The van der Waals surface area contributed by atoms with Crippen LogP contribution in [0.5, 0.6) is 11.5 Å². The van der Waals surface area contributed by atoms with Crippen LogP contribution in [0, 0.1) is 10.1 Å². The number of ether oxygens (including phenoxy) is 2. The van der Waals surface area contributed by atoms with Gasteiger partial charge in [-0.1, -0.05) is 12.1 Å². The lowest BCUT2D eigenvalue weighted by Crippen LogP contribution is -2.54. The molecule has 1 saturated heterocycles. The van der Waals surface area contributed by atoms with E-state index in [4.69, 9.17) is 9.47 Å². The smallest absolute Gasteiger partial charge is 0.293 e. The third-order valence-electron chi connectivity index (χ3n) is 5.05. The quantitative estimate of drug-likeness (QED) is 0.441. The van der Waals surface area contributed by atoms with E-state index >= 15 is 0 Å². The standard InChI is InChI=1S/C20H19N3O6/c24-12-14-5-6-15(16(11-14)23(26)27)21-7-9-22(10-8-21)20(25)19-13-28-17-3-1-2-4-18(17)29-19/h1-6,11-12,19H,7-10,13H2/t19-/m1/s1. The highest BCUT2D eigenvalue weighted by Crippen LogP contribution is 2.32. The number of fused-ring (bicyclic) bond motifs is 1. The number of carbonyl (C=O) groups excluding carboxylic acids is 2. The van der Waals surface area contributed by atoms with E-state index in [0.717, 1.165) is 0 Å². The van der Waals surface area contributed by atoms with Crippen molar-refractivity contribution in [2.45, 2.75) is 6.10 Å². The number of nitro benzene ring substituents is 1. The van der Waals surface area contributed by atoms with E-state index < -0.39 is 11.0 Å². The maximum absolute atomic E-state index is 12.8. The number of para-hydroxylation sites is 2. The second kappa shape index (κ2) is 7.78. The van der Waals surface area contributed by atoms with E-state index in [2.05, 4.69) is 0 Å². The molecule has 2 aromatic carbocycles. The predicted molar refractivity (Wildman–Crippen MR) is 104 cm³/mol. The molecule has 0 N–H and O–H groups in total. The number of aldehydes is 1. The lowest BCUT2D eigenvalue weighted by molar-refractivity contribution is -0.384. The van der Waals surface area contributed by atoms with Crippen molar-refractivity contribution in [3.8, 4) is 11.5 Å². The van der Waals surface area contributed by atoms with Gasteiger partial charge < -0.3 is 19.3 Å². The van der Waals surface area contributed by atoms with Gasteiger partial charge in [0.2, 0.25) is 6.10 Å². The molecular formula is C20H19N3O6. The third-order valence-corrected chi connectivity index (χ3v) is 5.05. The molecule has 0 saturated carbocycles. The molecule has 0 radical (unpaired) electrons. The van der Waals surface area contributed by atoms with Gasteiger partial charge in [-0.2, -0.15) is 0 Å². The monoisotopic (exact) mass is 397 g/mol. The van der Waals surface area contributed by atoms with Gasteiger partial charge in [-0.25, -0.2) is 0 Å². The molecule has 1 atom stereocenters. The van der Waals surface area contributed by atoms with Gasteiger partial charge in [-0.3, -0.25) is 19.7 Å². The van der Waals surface area contributed by atoms with Crippen LogP contribution in [-0.2, 0) is 4.79 Å². The van der Waals surface area contributed by atoms with Gasteiger partial charge in [0.15, 0.2) is 11.5 Å². The Bertz CT molecular complexity index is 955. The summed E-state index contributed by atoms with van der Waals surface area (Å²) >= 11 is 0. The van der Waals surface area contributed by atoms with Crippen LogP contribution in [0.3, 0.4) is 0 Å². The first-order valence-corrected chi connectivity index (χ1v) is 9.22. The first-order valence-electron chi connectivity index (χ1n) is 9.22. The molecule has 9 heteroatoms. The lowest BCUT2D eigenvalue weighted by Gasteiger charge is -2.37. The topological polar surface area (TPSA) is 102 Å². The number of rotatable bonds is 4. The van der Waals surface area contributed by atoms with Gasteiger partial charge in [0.05, 0.1) is 4.92 Å². The molecule has 0 aliphatic carbocycles. The summed E-state index contributed by atoms with van der Waals surface area (Å²) in [7, 11) is 0. The average Bonchev–Trinajstić information content (AvgIpc) is 2.78. The molecule has 2 aliphatic rings. The number of hydrogen-bond acceptors (Lipinski definition) is 7. The Morgan fingerprint density at radius 1 is 1.10 bits per heavy atom. The van der Waals surface area contributed by atoms with Crippen molar-refractivity contribution in [3.63, 3.8) is 0 Å². The molecular weight excluding hydrogens is 378 g/mol. The van der Waals surface area contributed by atoms with Crippen molar-refractivity contribution in [2.24, 2.45) is 0 Å². The van der Waals surface area contributed by atoms with E-state index in [-0.39, 0.29) is 23.8 Å². The SMILES string of the molecule is O=Cc1ccc(N2CCN(C(=O)[C@H]3COc4ccccc4O3)CC2)c([N+](=O)[O-])c1. The Morgan fingerprint density at radius 3 is 2.52 bits per heavy atom. The van der Waals surface area contributed by atoms with Crippen LogP contribution >= 0.6 is 0 Å². The Balaban J connectivity index is 1.42. The fourth-order valence-electron chi connectivity index (χ4n) is 3.54. The molecule has 2 heterocycles. The summed E-state index contributed by atoms with van der Waals surface area (Å²) in [6.45, 7) is 1.85. The average molecular weight is 397 g/mol. The normalized spacial score (nSPS) is 18.3. The Morgan fingerprint density at radius 2 is 1.83 bits per heavy atom. The van der Waals surface area contributed by atoms with Crippen LogP contribution in [0.4, 0.5) is 11.4 Å². The van der Waals surface area contributed by atoms with E-state index in [1.165, 1.54) is 6.07 Å². The molecule has 0 bridgehead atoms. The second-order valence-electron chi connectivity index (χ2n) is 6.80. The minimum absolute atomic E-state index is 0.116. The van der Waals surface area contributed by atoms with Crippen LogP contribution in [-0.4, -0.2) is 60.9 Å². The van der Waals surface area contributed by atoms with Crippen molar-refractivity contribution in [2.75, 3.05) is 37.7 Å². The zero-order valence-corrected chi connectivity index (χ0v) is 15.5. The second-order valence-corrected chi connectivity index (χ2v) is 6.80. The minimum Gasteiger partial charge on any atom is -0.485 e. The molecule has 1 amide bonds. The van der Waals surface area contributed by atoms with Crippen molar-refractivity contribution in [3.05, 3.63) is 58.1 Å². The summed E-state index contributed by atoms with van der Waals surface area (Å²) in [6.07, 6.45) is -0.129. The Hall–Kier alpha value is -3.62.